The number of nitrogen functional groups attached to an aromatic ring is 1. The fraction of sp³-hybridized carbons (Fsp3) is 0.333. The van der Waals surface area contributed by atoms with Crippen molar-refractivity contribution < 1.29 is 24.3 Å². The summed E-state index contributed by atoms with van der Waals surface area (Å²) in [7, 11) is 2.74. The number of rotatable bonds is 8. The third-order valence-corrected chi connectivity index (χ3v) is 8.15. The predicted octanol–water partition coefficient (Wildman–Crippen LogP) is -1.99. The Labute approximate surface area is 242 Å². The normalized spacial score (nSPS) is 19.0. The Morgan fingerprint density at radius 2 is 2.11 bits per heavy atom. The molecule has 191 valence electrons. The molecular weight excluding hydrogens is 559 g/mol. The molecule has 1 radical (unpaired) electrons. The molecule has 19 heteroatoms. The number of nitrogens with one attached hydrogen (secondary N) is 2. The number of thioether (sulfide) groups is 2. The first kappa shape index (κ1) is 28.9. The summed E-state index contributed by atoms with van der Waals surface area (Å²) < 4.78 is 1.25. The molecule has 4 rings (SSSR count). The number of carbonyl (C=O) groups is 3. The van der Waals surface area contributed by atoms with Crippen LogP contribution >= 0.6 is 34.9 Å². The van der Waals surface area contributed by atoms with E-state index < -0.39 is 40.3 Å². The zero-order valence-electron chi connectivity index (χ0n) is 19.6. The molecule has 1 fully saturated rings. The van der Waals surface area contributed by atoms with Gasteiger partial charge in [0.15, 0.2) is 16.0 Å². The number of carboxylic acids is 1. The fourth-order valence-corrected chi connectivity index (χ4v) is 6.39. The van der Waals surface area contributed by atoms with Gasteiger partial charge in [0.25, 0.3) is 11.8 Å². The number of aromatic nitrogens is 4. The molecule has 2 amide bonds. The van der Waals surface area contributed by atoms with Crippen molar-refractivity contribution in [2.45, 2.75) is 16.6 Å². The predicted molar refractivity (Wildman–Crippen MR) is 136 cm³/mol. The van der Waals surface area contributed by atoms with Crippen molar-refractivity contribution in [1.82, 2.24) is 30.0 Å². The molecule has 0 spiro atoms. The first-order valence-corrected chi connectivity index (χ1v) is 12.9. The number of thiazole rings is 1. The van der Waals surface area contributed by atoms with E-state index in [-0.39, 0.29) is 68.5 Å². The van der Waals surface area contributed by atoms with E-state index in [9.17, 15) is 29.1 Å². The smallest absolute Gasteiger partial charge is 0.352 e. The van der Waals surface area contributed by atoms with Gasteiger partial charge >= 0.3 is 17.1 Å². The van der Waals surface area contributed by atoms with Gasteiger partial charge in [-0.15, -0.1) is 23.1 Å². The molecule has 1 saturated heterocycles. The van der Waals surface area contributed by atoms with Gasteiger partial charge in [-0.05, 0) is 5.57 Å². The van der Waals surface area contributed by atoms with Crippen LogP contribution in [-0.2, 0) is 26.3 Å². The molecule has 0 aromatic carbocycles. The molecule has 5 N–H and O–H groups in total. The Balaban J connectivity index is 0.00000380. The van der Waals surface area contributed by atoms with E-state index >= 15 is 0 Å². The van der Waals surface area contributed by atoms with Crippen molar-refractivity contribution in [3.8, 4) is 0 Å². The second kappa shape index (κ2) is 11.8. The van der Waals surface area contributed by atoms with Crippen LogP contribution in [0.25, 0.3) is 0 Å². The molecule has 2 aliphatic rings. The Kier molecular flexibility index (Phi) is 9.24. The van der Waals surface area contributed by atoms with Gasteiger partial charge in [-0.2, -0.15) is 4.98 Å². The molecule has 15 nitrogen and oxygen atoms in total. The first-order chi connectivity index (χ1) is 17.1. The van der Waals surface area contributed by atoms with Crippen molar-refractivity contribution >= 4 is 93.0 Å². The molecule has 2 aromatic rings. The van der Waals surface area contributed by atoms with Crippen LogP contribution in [0.1, 0.15) is 5.69 Å². The van der Waals surface area contributed by atoms with E-state index in [4.69, 9.17) is 10.6 Å². The fourth-order valence-electron chi connectivity index (χ4n) is 3.44. The molecule has 2 aliphatic heterocycles. The molecule has 4 heterocycles. The third kappa shape index (κ3) is 5.78. The number of nitrogens with zero attached hydrogens (tertiary/aromatic N) is 5. The number of carbonyl (C=O) groups excluding carboxylic acids is 2. The summed E-state index contributed by atoms with van der Waals surface area (Å²) in [5, 5.41) is 19.6. The van der Waals surface area contributed by atoms with Crippen molar-refractivity contribution in [3.05, 3.63) is 43.1 Å². The second-order valence-corrected chi connectivity index (χ2v) is 10.2. The van der Waals surface area contributed by atoms with E-state index in [0.29, 0.717) is 5.57 Å². The summed E-state index contributed by atoms with van der Waals surface area (Å²) in [6.45, 7) is 0. The number of β-lactam (4-membered cyclic amide) rings is 1. The van der Waals surface area contributed by atoms with Gasteiger partial charge in [0.2, 0.25) is 0 Å². The molecule has 0 unspecified atom stereocenters. The minimum atomic E-state index is -1.31. The van der Waals surface area contributed by atoms with E-state index in [1.165, 1.54) is 36.0 Å². The van der Waals surface area contributed by atoms with Gasteiger partial charge in [0.1, 0.15) is 29.9 Å². The number of amides is 2. The van der Waals surface area contributed by atoms with Crippen LogP contribution in [0.15, 0.2) is 36.6 Å². The first-order valence-electron chi connectivity index (χ1n) is 9.96. The number of aromatic amines is 1. The summed E-state index contributed by atoms with van der Waals surface area (Å²) in [5.41, 5.74) is 4.00. The summed E-state index contributed by atoms with van der Waals surface area (Å²) in [5.74, 6) is -2.30. The maximum Gasteiger partial charge on any atom is 0.352 e. The average molecular weight is 578 g/mol. The maximum absolute atomic E-state index is 12.9. The van der Waals surface area contributed by atoms with E-state index in [2.05, 4.69) is 25.5 Å². The zero-order valence-corrected chi connectivity index (χ0v) is 24.0. The van der Waals surface area contributed by atoms with Gasteiger partial charge in [-0.25, -0.2) is 9.78 Å². The minimum Gasteiger partial charge on any atom is -0.477 e. The minimum absolute atomic E-state index is 0. The number of carboxylic acid groups (broad SMARTS) is 1. The monoisotopic (exact) mass is 577 g/mol. The SMILES string of the molecule is CO/N=C(\C(=O)N[C@@H]1C(=O)N2C(C(=O)O)=C(CSc3nc(=O)c(=O)[nH]n3C)CS[C@H]12)c1csc(N)n1.[Na]. The van der Waals surface area contributed by atoms with Crippen molar-refractivity contribution in [2.24, 2.45) is 12.2 Å². The summed E-state index contributed by atoms with van der Waals surface area (Å²) in [6, 6.07) is -0.995. The number of nitrogens with two attached hydrogens (primary N) is 1. The largest absolute Gasteiger partial charge is 0.477 e. The van der Waals surface area contributed by atoms with E-state index in [1.54, 1.807) is 0 Å². The number of hydrogen-bond acceptors (Lipinski definition) is 13. The van der Waals surface area contributed by atoms with E-state index in [1.807, 2.05) is 0 Å². The van der Waals surface area contributed by atoms with Crippen molar-refractivity contribution in [1.29, 1.82) is 0 Å². The number of oxime groups is 1. The van der Waals surface area contributed by atoms with Crippen LogP contribution in [0.4, 0.5) is 5.13 Å². The number of hydrogen-bond donors (Lipinski definition) is 4. The van der Waals surface area contributed by atoms with E-state index in [0.717, 1.165) is 28.0 Å². The quantitative estimate of drug-likeness (QED) is 0.0670. The molecule has 0 bridgehead atoms. The van der Waals surface area contributed by atoms with Crippen molar-refractivity contribution in [3.63, 3.8) is 0 Å². The number of H-pyrrole nitrogens is 1. The average Bonchev–Trinajstić information content (AvgIpc) is 3.27. The van der Waals surface area contributed by atoms with Crippen molar-refractivity contribution in [2.75, 3.05) is 24.3 Å². The molecule has 2 atom stereocenters. The van der Waals surface area contributed by atoms with Crippen LogP contribution in [0.5, 0.6) is 0 Å². The molecule has 0 saturated carbocycles. The molecule has 0 aliphatic carbocycles. The summed E-state index contributed by atoms with van der Waals surface area (Å²) in [6.07, 6.45) is 0. The maximum atomic E-state index is 12.9. The van der Waals surface area contributed by atoms with Crippen LogP contribution in [-0.4, -0.2) is 113 Å². The number of anilines is 1. The van der Waals surface area contributed by atoms with Crippen LogP contribution in [0.3, 0.4) is 0 Å². The Morgan fingerprint density at radius 3 is 2.73 bits per heavy atom. The Hall–Kier alpha value is -2.64. The topological polar surface area (TPSA) is 215 Å². The standard InChI is InChI=1S/C18H18N8O7S3.Na/c1-25-18(22-12(28)13(29)23-25)36-4-6-3-34-15-9(14(30)26(15)10(6)16(31)32)21-11(27)8(24-33-2)7-5-35-17(19)20-7;/h5,9,15H,3-4H2,1-2H3,(H2,19,20)(H,21,27)(H,23,29)(H,31,32);/b24-8-;/t9-,15-;/m1./s1. The molecule has 2 aromatic heterocycles. The number of aliphatic carboxylic acids is 1. The molecular formula is C18H18N8NaO7S3. The number of fused-ring (bicyclic) bond motifs is 1. The number of aryl methyl sites for hydroxylation is 1. The van der Waals surface area contributed by atoms with Crippen LogP contribution in [0, 0.1) is 0 Å². The van der Waals surface area contributed by atoms with Gasteiger partial charge in [-0.1, -0.05) is 16.9 Å². The Bertz CT molecular complexity index is 1430. The molecule has 37 heavy (non-hydrogen) atoms. The van der Waals surface area contributed by atoms with Gasteiger partial charge < -0.3 is 21.0 Å². The zero-order chi connectivity index (χ0) is 26.1. The van der Waals surface area contributed by atoms with Gasteiger partial charge in [-0.3, -0.25) is 33.9 Å². The summed E-state index contributed by atoms with van der Waals surface area (Å²) >= 11 is 3.41. The Morgan fingerprint density at radius 1 is 1.38 bits per heavy atom. The summed E-state index contributed by atoms with van der Waals surface area (Å²) in [4.78, 5) is 74.3. The second-order valence-electron chi connectivity index (χ2n) is 7.30. The van der Waals surface area contributed by atoms with Crippen LogP contribution in [0.2, 0.25) is 0 Å². The van der Waals surface area contributed by atoms with Gasteiger partial charge in [0.05, 0.1) is 0 Å². The van der Waals surface area contributed by atoms with Gasteiger partial charge in [0, 0.05) is 53.5 Å². The third-order valence-electron chi connectivity index (χ3n) is 5.02. The van der Waals surface area contributed by atoms with Crippen LogP contribution < -0.4 is 22.2 Å².